The SMILES string of the molecule is N#Cc1ccc(Br)cc1NS(=O)(=O)c1ccnc(Cl)c1. The first-order chi connectivity index (χ1) is 9.42. The number of benzene rings is 1. The van der Waals surface area contributed by atoms with E-state index in [2.05, 4.69) is 25.6 Å². The van der Waals surface area contributed by atoms with Crippen LogP contribution < -0.4 is 4.72 Å². The Labute approximate surface area is 129 Å². The summed E-state index contributed by atoms with van der Waals surface area (Å²) >= 11 is 8.90. The molecule has 102 valence electrons. The van der Waals surface area contributed by atoms with Crippen LogP contribution >= 0.6 is 27.5 Å². The number of halogens is 2. The number of hydrogen-bond acceptors (Lipinski definition) is 4. The van der Waals surface area contributed by atoms with E-state index in [9.17, 15) is 8.42 Å². The van der Waals surface area contributed by atoms with Gasteiger partial charge < -0.3 is 0 Å². The van der Waals surface area contributed by atoms with Crippen molar-refractivity contribution in [2.45, 2.75) is 4.90 Å². The van der Waals surface area contributed by atoms with Crippen LogP contribution in [0.3, 0.4) is 0 Å². The molecule has 5 nitrogen and oxygen atoms in total. The van der Waals surface area contributed by atoms with Gasteiger partial charge in [0, 0.05) is 10.7 Å². The van der Waals surface area contributed by atoms with Gasteiger partial charge >= 0.3 is 0 Å². The Morgan fingerprint density at radius 2 is 2.05 bits per heavy atom. The average molecular weight is 373 g/mol. The van der Waals surface area contributed by atoms with Crippen molar-refractivity contribution in [1.82, 2.24) is 4.98 Å². The molecule has 0 aliphatic rings. The quantitative estimate of drug-likeness (QED) is 0.839. The maximum absolute atomic E-state index is 12.2. The fourth-order valence-electron chi connectivity index (χ4n) is 1.45. The van der Waals surface area contributed by atoms with E-state index < -0.39 is 10.0 Å². The molecule has 8 heteroatoms. The maximum Gasteiger partial charge on any atom is 0.262 e. The summed E-state index contributed by atoms with van der Waals surface area (Å²) in [5.41, 5.74) is 0.409. The molecule has 1 heterocycles. The van der Waals surface area contributed by atoms with E-state index in [-0.39, 0.29) is 21.3 Å². The molecule has 1 N–H and O–H groups in total. The lowest BCUT2D eigenvalue weighted by molar-refractivity contribution is 0.601. The molecular formula is C12H7BrClN3O2S. The fraction of sp³-hybridized carbons (Fsp3) is 0. The van der Waals surface area contributed by atoms with E-state index in [0.29, 0.717) is 4.47 Å². The van der Waals surface area contributed by atoms with Crippen LogP contribution in [0.25, 0.3) is 0 Å². The number of nitriles is 1. The minimum Gasteiger partial charge on any atom is -0.278 e. The van der Waals surface area contributed by atoms with Crippen molar-refractivity contribution in [2.75, 3.05) is 4.72 Å². The van der Waals surface area contributed by atoms with Crippen LogP contribution in [0.2, 0.25) is 5.15 Å². The van der Waals surface area contributed by atoms with Crippen LogP contribution in [0.4, 0.5) is 5.69 Å². The van der Waals surface area contributed by atoms with Crippen molar-refractivity contribution in [3.63, 3.8) is 0 Å². The van der Waals surface area contributed by atoms with Gasteiger partial charge in [-0.1, -0.05) is 27.5 Å². The maximum atomic E-state index is 12.2. The van der Waals surface area contributed by atoms with Gasteiger partial charge in [0.25, 0.3) is 10.0 Å². The van der Waals surface area contributed by atoms with Crippen LogP contribution in [0, 0.1) is 11.3 Å². The summed E-state index contributed by atoms with van der Waals surface area (Å²) in [7, 11) is -3.83. The number of rotatable bonds is 3. The molecule has 0 saturated heterocycles. The van der Waals surface area contributed by atoms with E-state index in [4.69, 9.17) is 16.9 Å². The second-order valence-electron chi connectivity index (χ2n) is 3.72. The Morgan fingerprint density at radius 3 is 2.70 bits per heavy atom. The Bertz CT molecular complexity index is 803. The summed E-state index contributed by atoms with van der Waals surface area (Å²) < 4.78 is 27.4. The Morgan fingerprint density at radius 1 is 1.30 bits per heavy atom. The van der Waals surface area contributed by atoms with Crippen molar-refractivity contribution >= 4 is 43.2 Å². The first-order valence-corrected chi connectivity index (χ1v) is 7.92. The van der Waals surface area contributed by atoms with Crippen molar-refractivity contribution in [3.8, 4) is 6.07 Å². The predicted octanol–water partition coefficient (Wildman–Crippen LogP) is 3.17. The van der Waals surface area contributed by atoms with Crippen LogP contribution in [-0.4, -0.2) is 13.4 Å². The summed E-state index contributed by atoms with van der Waals surface area (Å²) in [6.45, 7) is 0. The zero-order valence-electron chi connectivity index (χ0n) is 9.84. The van der Waals surface area contributed by atoms with Gasteiger partial charge in [0.1, 0.15) is 11.2 Å². The molecule has 2 rings (SSSR count). The number of pyridine rings is 1. The summed E-state index contributed by atoms with van der Waals surface area (Å²) in [5, 5.41) is 9.06. The van der Waals surface area contributed by atoms with E-state index in [0.717, 1.165) is 0 Å². The van der Waals surface area contributed by atoms with E-state index in [1.54, 1.807) is 6.07 Å². The molecule has 0 spiro atoms. The highest BCUT2D eigenvalue weighted by Gasteiger charge is 2.17. The summed E-state index contributed by atoms with van der Waals surface area (Å²) in [6.07, 6.45) is 1.29. The lowest BCUT2D eigenvalue weighted by Gasteiger charge is -2.10. The molecule has 2 aromatic rings. The van der Waals surface area contributed by atoms with Crippen molar-refractivity contribution in [2.24, 2.45) is 0 Å². The molecule has 1 aromatic carbocycles. The number of anilines is 1. The average Bonchev–Trinajstić information content (AvgIpc) is 2.38. The Kier molecular flexibility index (Phi) is 4.28. The Balaban J connectivity index is 2.44. The fourth-order valence-corrected chi connectivity index (χ4v) is 3.14. The molecule has 0 bridgehead atoms. The molecule has 1 aromatic heterocycles. The summed E-state index contributed by atoms with van der Waals surface area (Å²) in [6, 6.07) is 9.15. The zero-order valence-corrected chi connectivity index (χ0v) is 13.0. The van der Waals surface area contributed by atoms with Crippen LogP contribution in [-0.2, 0) is 10.0 Å². The lowest BCUT2D eigenvalue weighted by Crippen LogP contribution is -2.14. The minimum absolute atomic E-state index is 0.0265. The van der Waals surface area contributed by atoms with Gasteiger partial charge in [-0.25, -0.2) is 13.4 Å². The summed E-state index contributed by atoms with van der Waals surface area (Å²) in [5.74, 6) is 0. The summed E-state index contributed by atoms with van der Waals surface area (Å²) in [4.78, 5) is 3.70. The second kappa shape index (κ2) is 5.79. The molecule has 0 atom stereocenters. The van der Waals surface area contributed by atoms with Crippen LogP contribution in [0.15, 0.2) is 45.9 Å². The van der Waals surface area contributed by atoms with Gasteiger partial charge in [-0.05, 0) is 30.3 Å². The highest BCUT2D eigenvalue weighted by molar-refractivity contribution is 9.10. The second-order valence-corrected chi connectivity index (χ2v) is 6.71. The van der Waals surface area contributed by atoms with Gasteiger partial charge in [0.15, 0.2) is 0 Å². The Hall–Kier alpha value is -1.62. The molecule has 20 heavy (non-hydrogen) atoms. The number of nitrogens with zero attached hydrogens (tertiary/aromatic N) is 2. The normalized spacial score (nSPS) is 10.8. The highest BCUT2D eigenvalue weighted by atomic mass is 79.9. The van der Waals surface area contributed by atoms with Crippen molar-refractivity contribution < 1.29 is 8.42 Å². The predicted molar refractivity (Wildman–Crippen MR) is 78.9 cm³/mol. The van der Waals surface area contributed by atoms with Crippen LogP contribution in [0.1, 0.15) is 5.56 Å². The van der Waals surface area contributed by atoms with E-state index in [1.807, 2.05) is 6.07 Å². The highest BCUT2D eigenvalue weighted by Crippen LogP contribution is 2.24. The number of sulfonamides is 1. The van der Waals surface area contributed by atoms with E-state index in [1.165, 1.54) is 30.5 Å². The topological polar surface area (TPSA) is 82.9 Å². The molecular weight excluding hydrogens is 366 g/mol. The molecule has 0 aliphatic heterocycles. The van der Waals surface area contributed by atoms with Crippen molar-refractivity contribution in [3.05, 3.63) is 51.7 Å². The molecule has 0 saturated carbocycles. The van der Waals surface area contributed by atoms with Gasteiger partial charge in [-0.15, -0.1) is 0 Å². The smallest absolute Gasteiger partial charge is 0.262 e. The molecule has 0 fully saturated rings. The van der Waals surface area contributed by atoms with Gasteiger partial charge in [-0.2, -0.15) is 5.26 Å². The molecule has 0 unspecified atom stereocenters. The first-order valence-electron chi connectivity index (χ1n) is 5.26. The number of nitrogens with one attached hydrogen (secondary N) is 1. The largest absolute Gasteiger partial charge is 0.278 e. The third kappa shape index (κ3) is 3.28. The first kappa shape index (κ1) is 14.8. The number of aromatic nitrogens is 1. The van der Waals surface area contributed by atoms with Crippen molar-refractivity contribution in [1.29, 1.82) is 5.26 Å². The van der Waals surface area contributed by atoms with Crippen LogP contribution in [0.5, 0.6) is 0 Å². The molecule has 0 radical (unpaired) electrons. The third-order valence-corrected chi connectivity index (χ3v) is 4.42. The standard InChI is InChI=1S/C12H7BrClN3O2S/c13-9-2-1-8(7-15)11(5-9)17-20(18,19)10-3-4-16-12(14)6-10/h1-6,17H. The molecule has 0 amide bonds. The molecule has 0 aliphatic carbocycles. The minimum atomic E-state index is -3.83. The van der Waals surface area contributed by atoms with Gasteiger partial charge in [0.05, 0.1) is 16.1 Å². The zero-order chi connectivity index (χ0) is 14.8. The van der Waals surface area contributed by atoms with Gasteiger partial charge in [0.2, 0.25) is 0 Å². The van der Waals surface area contributed by atoms with Gasteiger partial charge in [-0.3, -0.25) is 4.72 Å². The van der Waals surface area contributed by atoms with E-state index >= 15 is 0 Å². The monoisotopic (exact) mass is 371 g/mol. The number of hydrogen-bond donors (Lipinski definition) is 1. The third-order valence-electron chi connectivity index (χ3n) is 2.35. The lowest BCUT2D eigenvalue weighted by atomic mass is 10.2.